The van der Waals surface area contributed by atoms with Crippen LogP contribution in [0.4, 0.5) is 0 Å². The van der Waals surface area contributed by atoms with Crippen molar-refractivity contribution in [2.45, 2.75) is 77.7 Å². The minimum atomic E-state index is -0.0348. The van der Waals surface area contributed by atoms with Gasteiger partial charge < -0.3 is 10.1 Å². The van der Waals surface area contributed by atoms with Gasteiger partial charge >= 0.3 is 0 Å². The second kappa shape index (κ2) is 3.82. The fraction of sp³-hybridized carbons (Fsp3) is 1.00. The maximum Gasteiger partial charge on any atom is 0.0787 e. The molecule has 0 amide bonds. The molecule has 14 heavy (non-hydrogen) atoms. The first-order chi connectivity index (χ1) is 6.27. The van der Waals surface area contributed by atoms with Crippen LogP contribution in [0.1, 0.15) is 54.4 Å². The van der Waals surface area contributed by atoms with Gasteiger partial charge in [-0.05, 0) is 47.5 Å². The van der Waals surface area contributed by atoms with Crippen LogP contribution in [0.15, 0.2) is 0 Å². The third kappa shape index (κ3) is 2.71. The zero-order valence-electron chi connectivity index (χ0n) is 10.5. The van der Waals surface area contributed by atoms with Gasteiger partial charge in [0.25, 0.3) is 0 Å². The third-order valence-corrected chi connectivity index (χ3v) is 3.17. The molecule has 1 saturated heterocycles. The lowest BCUT2D eigenvalue weighted by Gasteiger charge is -2.29. The van der Waals surface area contributed by atoms with E-state index >= 15 is 0 Å². The van der Waals surface area contributed by atoms with Crippen LogP contribution in [0, 0.1) is 0 Å². The summed E-state index contributed by atoms with van der Waals surface area (Å²) >= 11 is 0. The van der Waals surface area contributed by atoms with Gasteiger partial charge in [-0.2, -0.15) is 0 Å². The molecular weight excluding hydrogens is 174 g/mol. The minimum Gasteiger partial charge on any atom is -0.368 e. The van der Waals surface area contributed by atoms with Crippen LogP contribution in [0.25, 0.3) is 0 Å². The van der Waals surface area contributed by atoms with Crippen molar-refractivity contribution < 1.29 is 4.74 Å². The summed E-state index contributed by atoms with van der Waals surface area (Å²) in [7, 11) is 0. The fourth-order valence-corrected chi connectivity index (χ4v) is 2.28. The van der Waals surface area contributed by atoms with E-state index < -0.39 is 0 Å². The molecule has 1 aliphatic heterocycles. The van der Waals surface area contributed by atoms with Crippen LogP contribution in [-0.2, 0) is 4.74 Å². The maximum atomic E-state index is 6.03. The second-order valence-electron chi connectivity index (χ2n) is 5.70. The lowest BCUT2D eigenvalue weighted by Crippen LogP contribution is -2.46. The van der Waals surface area contributed by atoms with Crippen molar-refractivity contribution in [3.63, 3.8) is 0 Å². The molecule has 0 aromatic carbocycles. The van der Waals surface area contributed by atoms with E-state index in [0.717, 1.165) is 6.42 Å². The van der Waals surface area contributed by atoms with Gasteiger partial charge in [0.1, 0.15) is 0 Å². The van der Waals surface area contributed by atoms with E-state index in [1.165, 1.54) is 6.42 Å². The maximum absolute atomic E-state index is 6.03. The molecule has 1 fully saturated rings. The van der Waals surface area contributed by atoms with Crippen molar-refractivity contribution in [3.8, 4) is 0 Å². The molecule has 1 aliphatic rings. The summed E-state index contributed by atoms with van der Waals surface area (Å²) in [5.74, 6) is 0. The SMILES string of the molecule is CC[C@@H](C)N[C@@H]1CC(C)(C)OC1(C)C. The topological polar surface area (TPSA) is 21.3 Å². The van der Waals surface area contributed by atoms with Crippen LogP contribution in [0.2, 0.25) is 0 Å². The molecule has 2 nitrogen and oxygen atoms in total. The van der Waals surface area contributed by atoms with Crippen LogP contribution in [-0.4, -0.2) is 23.3 Å². The normalized spacial score (nSPS) is 31.7. The van der Waals surface area contributed by atoms with Crippen molar-refractivity contribution in [3.05, 3.63) is 0 Å². The van der Waals surface area contributed by atoms with Crippen LogP contribution in [0.3, 0.4) is 0 Å². The van der Waals surface area contributed by atoms with Gasteiger partial charge in [-0.3, -0.25) is 0 Å². The molecular formula is C12H25NO. The molecule has 0 spiro atoms. The molecule has 1 rings (SSSR count). The quantitative estimate of drug-likeness (QED) is 0.754. The Labute approximate surface area is 88.4 Å². The van der Waals surface area contributed by atoms with E-state index in [2.05, 4.69) is 46.9 Å². The average molecular weight is 199 g/mol. The number of nitrogens with one attached hydrogen (secondary N) is 1. The number of rotatable bonds is 3. The number of hydrogen-bond acceptors (Lipinski definition) is 2. The largest absolute Gasteiger partial charge is 0.368 e. The van der Waals surface area contributed by atoms with E-state index in [9.17, 15) is 0 Å². The zero-order valence-corrected chi connectivity index (χ0v) is 10.5. The Kier molecular flexibility index (Phi) is 3.27. The standard InChI is InChI=1S/C12H25NO/c1-7-9(2)13-10-8-11(3,4)14-12(10,5)6/h9-10,13H,7-8H2,1-6H3/t9-,10-/m1/s1. The highest BCUT2D eigenvalue weighted by molar-refractivity contribution is 4.99. The first kappa shape index (κ1) is 12.0. The summed E-state index contributed by atoms with van der Waals surface area (Å²) in [5.41, 5.74) is -0.0123. The van der Waals surface area contributed by atoms with Gasteiger partial charge in [0.05, 0.1) is 11.2 Å². The summed E-state index contributed by atoms with van der Waals surface area (Å²) in [4.78, 5) is 0. The van der Waals surface area contributed by atoms with E-state index in [1.807, 2.05) is 0 Å². The molecule has 0 unspecified atom stereocenters. The molecule has 1 N–H and O–H groups in total. The van der Waals surface area contributed by atoms with E-state index in [1.54, 1.807) is 0 Å². The fourth-order valence-electron chi connectivity index (χ4n) is 2.28. The first-order valence-electron chi connectivity index (χ1n) is 5.73. The smallest absolute Gasteiger partial charge is 0.0787 e. The lowest BCUT2D eigenvalue weighted by molar-refractivity contribution is -0.0703. The van der Waals surface area contributed by atoms with Gasteiger partial charge in [0, 0.05) is 12.1 Å². The molecule has 84 valence electrons. The van der Waals surface area contributed by atoms with E-state index in [-0.39, 0.29) is 11.2 Å². The molecule has 0 radical (unpaired) electrons. The molecule has 0 saturated carbocycles. The zero-order chi connectivity index (χ0) is 11.0. The molecule has 0 bridgehead atoms. The summed E-state index contributed by atoms with van der Waals surface area (Å²) in [5, 5.41) is 3.65. The Morgan fingerprint density at radius 1 is 1.36 bits per heavy atom. The highest BCUT2D eigenvalue weighted by atomic mass is 16.5. The molecule has 2 atom stereocenters. The van der Waals surface area contributed by atoms with Crippen LogP contribution < -0.4 is 5.32 Å². The van der Waals surface area contributed by atoms with Gasteiger partial charge in [-0.1, -0.05) is 6.92 Å². The highest BCUT2D eigenvalue weighted by Crippen LogP contribution is 2.37. The van der Waals surface area contributed by atoms with Gasteiger partial charge in [-0.15, -0.1) is 0 Å². The predicted octanol–water partition coefficient (Wildman–Crippen LogP) is 2.72. The average Bonchev–Trinajstić information content (AvgIpc) is 2.19. The second-order valence-corrected chi connectivity index (χ2v) is 5.70. The van der Waals surface area contributed by atoms with Gasteiger partial charge in [0.15, 0.2) is 0 Å². The third-order valence-electron chi connectivity index (χ3n) is 3.17. The van der Waals surface area contributed by atoms with Crippen molar-refractivity contribution in [2.75, 3.05) is 0 Å². The van der Waals surface area contributed by atoms with Crippen LogP contribution in [0.5, 0.6) is 0 Å². The Morgan fingerprint density at radius 3 is 2.29 bits per heavy atom. The molecule has 0 aliphatic carbocycles. The first-order valence-corrected chi connectivity index (χ1v) is 5.73. The Morgan fingerprint density at radius 2 is 1.93 bits per heavy atom. The van der Waals surface area contributed by atoms with Crippen LogP contribution >= 0.6 is 0 Å². The number of ether oxygens (including phenoxy) is 1. The van der Waals surface area contributed by atoms with E-state index in [0.29, 0.717) is 12.1 Å². The summed E-state index contributed by atoms with van der Waals surface area (Å²) in [6.07, 6.45) is 2.28. The molecule has 1 heterocycles. The summed E-state index contributed by atoms with van der Waals surface area (Å²) < 4.78 is 6.03. The summed E-state index contributed by atoms with van der Waals surface area (Å²) in [6.45, 7) is 13.2. The van der Waals surface area contributed by atoms with Crippen molar-refractivity contribution >= 4 is 0 Å². The Bertz CT molecular complexity index is 198. The van der Waals surface area contributed by atoms with Gasteiger partial charge in [0.2, 0.25) is 0 Å². The Hall–Kier alpha value is -0.0800. The molecule has 0 aromatic rings. The molecule has 0 aromatic heterocycles. The Balaban J connectivity index is 2.61. The van der Waals surface area contributed by atoms with Gasteiger partial charge in [-0.25, -0.2) is 0 Å². The molecule has 2 heteroatoms. The van der Waals surface area contributed by atoms with Crippen molar-refractivity contribution in [2.24, 2.45) is 0 Å². The lowest BCUT2D eigenvalue weighted by atomic mass is 9.93. The minimum absolute atomic E-state index is 0.0224. The highest BCUT2D eigenvalue weighted by Gasteiger charge is 2.45. The van der Waals surface area contributed by atoms with Crippen molar-refractivity contribution in [1.29, 1.82) is 0 Å². The number of hydrogen-bond donors (Lipinski definition) is 1. The van der Waals surface area contributed by atoms with E-state index in [4.69, 9.17) is 4.74 Å². The predicted molar refractivity (Wildman–Crippen MR) is 60.5 cm³/mol. The summed E-state index contributed by atoms with van der Waals surface area (Å²) in [6, 6.07) is 1.06. The van der Waals surface area contributed by atoms with Crippen molar-refractivity contribution in [1.82, 2.24) is 5.32 Å². The monoisotopic (exact) mass is 199 g/mol.